The van der Waals surface area contributed by atoms with Crippen molar-refractivity contribution in [1.82, 2.24) is 5.32 Å². The number of nitrogens with one attached hydrogen (secondary N) is 1. The Morgan fingerprint density at radius 2 is 1.96 bits per heavy atom. The lowest BCUT2D eigenvalue weighted by atomic mass is 9.98. The minimum Gasteiger partial charge on any atom is -0.481 e. The molecule has 1 aromatic carbocycles. The Labute approximate surface area is 158 Å². The van der Waals surface area contributed by atoms with Gasteiger partial charge in [-0.05, 0) is 43.7 Å². The van der Waals surface area contributed by atoms with Crippen LogP contribution in [0.25, 0.3) is 0 Å². The van der Waals surface area contributed by atoms with Gasteiger partial charge in [-0.3, -0.25) is 19.7 Å². The predicted octanol–water partition coefficient (Wildman–Crippen LogP) is 3.21. The Balaban J connectivity index is 1.95. The van der Waals surface area contributed by atoms with E-state index >= 15 is 0 Å². The van der Waals surface area contributed by atoms with Gasteiger partial charge in [-0.2, -0.15) is 0 Å². The molecule has 1 amide bonds. The molecular weight excluding hydrogens is 350 g/mol. The monoisotopic (exact) mass is 377 g/mol. The number of carbonyl (C=O) groups excluding carboxylic acids is 1. The van der Waals surface area contributed by atoms with Gasteiger partial charge in [-0.25, -0.2) is 0 Å². The van der Waals surface area contributed by atoms with Crippen LogP contribution in [-0.4, -0.2) is 41.5 Å². The molecule has 0 saturated carbocycles. The first kappa shape index (κ1) is 20.7. The number of piperidine rings is 1. The molecule has 0 aromatic heterocycles. The maximum atomic E-state index is 12.2. The number of benzene rings is 1. The van der Waals surface area contributed by atoms with E-state index in [1.165, 1.54) is 6.07 Å². The number of unbranched alkanes of at least 4 members (excludes halogenated alkanes) is 2. The number of aliphatic carboxylic acids is 1. The number of nitro benzene ring substituents is 1. The first-order valence-corrected chi connectivity index (χ1v) is 9.42. The maximum absolute atomic E-state index is 12.2. The van der Waals surface area contributed by atoms with E-state index in [1.807, 2.05) is 4.90 Å². The highest BCUT2D eigenvalue weighted by Gasteiger charge is 2.24. The zero-order chi connectivity index (χ0) is 19.8. The molecule has 2 rings (SSSR count). The SMILES string of the molecule is CC1CCN(c2ccc(C(=O)NCCCCCC(=O)O)cc2[N+](=O)[O-])CC1. The highest BCUT2D eigenvalue weighted by Crippen LogP contribution is 2.32. The molecule has 0 radical (unpaired) electrons. The van der Waals surface area contributed by atoms with E-state index < -0.39 is 10.9 Å². The molecule has 1 aromatic rings. The Kier molecular flexibility index (Phi) is 7.57. The van der Waals surface area contributed by atoms with Crippen LogP contribution in [0.4, 0.5) is 11.4 Å². The molecule has 27 heavy (non-hydrogen) atoms. The molecule has 8 nitrogen and oxygen atoms in total. The summed E-state index contributed by atoms with van der Waals surface area (Å²) in [4.78, 5) is 35.8. The smallest absolute Gasteiger partial charge is 0.303 e. The van der Waals surface area contributed by atoms with Gasteiger partial charge in [0.05, 0.1) is 4.92 Å². The number of hydrogen-bond acceptors (Lipinski definition) is 5. The van der Waals surface area contributed by atoms with Crippen LogP contribution >= 0.6 is 0 Å². The predicted molar refractivity (Wildman–Crippen MR) is 102 cm³/mol. The van der Waals surface area contributed by atoms with Crippen LogP contribution in [-0.2, 0) is 4.79 Å². The third kappa shape index (κ3) is 6.23. The summed E-state index contributed by atoms with van der Waals surface area (Å²) in [5, 5.41) is 22.8. The molecule has 1 aliphatic rings. The van der Waals surface area contributed by atoms with Gasteiger partial charge in [0.25, 0.3) is 11.6 Å². The van der Waals surface area contributed by atoms with Gasteiger partial charge < -0.3 is 15.3 Å². The van der Waals surface area contributed by atoms with Gasteiger partial charge >= 0.3 is 5.97 Å². The highest BCUT2D eigenvalue weighted by atomic mass is 16.6. The number of anilines is 1. The quantitative estimate of drug-likeness (QED) is 0.388. The number of nitrogens with zero attached hydrogens (tertiary/aromatic N) is 2. The van der Waals surface area contributed by atoms with E-state index in [0.717, 1.165) is 25.9 Å². The number of rotatable bonds is 9. The van der Waals surface area contributed by atoms with Gasteiger partial charge in [0, 0.05) is 37.7 Å². The van der Waals surface area contributed by atoms with Crippen molar-refractivity contribution in [2.75, 3.05) is 24.5 Å². The summed E-state index contributed by atoms with van der Waals surface area (Å²) in [5.74, 6) is -0.550. The maximum Gasteiger partial charge on any atom is 0.303 e. The van der Waals surface area contributed by atoms with Crippen molar-refractivity contribution < 1.29 is 19.6 Å². The minimum atomic E-state index is -0.824. The summed E-state index contributed by atoms with van der Waals surface area (Å²) in [6.07, 6.45) is 4.07. The van der Waals surface area contributed by atoms with Crippen molar-refractivity contribution in [3.63, 3.8) is 0 Å². The molecule has 1 heterocycles. The first-order valence-electron chi connectivity index (χ1n) is 9.42. The second-order valence-electron chi connectivity index (χ2n) is 7.09. The van der Waals surface area contributed by atoms with E-state index in [9.17, 15) is 19.7 Å². The fourth-order valence-corrected chi connectivity index (χ4v) is 3.21. The average Bonchev–Trinajstić information content (AvgIpc) is 2.64. The number of amides is 1. The average molecular weight is 377 g/mol. The summed E-state index contributed by atoms with van der Waals surface area (Å²) < 4.78 is 0. The van der Waals surface area contributed by atoms with Crippen LogP contribution in [0.15, 0.2) is 18.2 Å². The molecule has 0 atom stereocenters. The lowest BCUT2D eigenvalue weighted by molar-refractivity contribution is -0.384. The molecule has 2 N–H and O–H groups in total. The van der Waals surface area contributed by atoms with Gasteiger partial charge in [0.1, 0.15) is 5.69 Å². The molecular formula is C19H27N3O5. The van der Waals surface area contributed by atoms with Gasteiger partial charge in [0.15, 0.2) is 0 Å². The molecule has 1 aliphatic heterocycles. The van der Waals surface area contributed by atoms with Crippen molar-refractivity contribution in [2.24, 2.45) is 5.92 Å². The fraction of sp³-hybridized carbons (Fsp3) is 0.579. The number of hydrogen-bond donors (Lipinski definition) is 2. The Bertz CT molecular complexity index is 684. The lowest BCUT2D eigenvalue weighted by Gasteiger charge is -2.31. The van der Waals surface area contributed by atoms with Gasteiger partial charge in [-0.1, -0.05) is 13.3 Å². The summed E-state index contributed by atoms with van der Waals surface area (Å²) >= 11 is 0. The zero-order valence-corrected chi connectivity index (χ0v) is 15.6. The van der Waals surface area contributed by atoms with E-state index in [-0.39, 0.29) is 23.6 Å². The van der Waals surface area contributed by atoms with Crippen LogP contribution in [0.5, 0.6) is 0 Å². The molecule has 148 valence electrons. The van der Waals surface area contributed by atoms with Crippen molar-refractivity contribution in [2.45, 2.75) is 45.4 Å². The Morgan fingerprint density at radius 3 is 2.59 bits per heavy atom. The second-order valence-corrected chi connectivity index (χ2v) is 7.09. The largest absolute Gasteiger partial charge is 0.481 e. The summed E-state index contributed by atoms with van der Waals surface area (Å²) in [6.45, 7) is 4.16. The third-order valence-corrected chi connectivity index (χ3v) is 4.91. The normalized spacial score (nSPS) is 14.8. The van der Waals surface area contributed by atoms with Crippen LogP contribution in [0.2, 0.25) is 0 Å². The standard InChI is InChI=1S/C19H27N3O5/c1-14-8-11-21(12-9-14)16-7-6-15(13-17(16)22(26)27)19(25)20-10-4-2-3-5-18(23)24/h6-7,13-14H,2-5,8-12H2,1H3,(H,20,25)(H,23,24). The Morgan fingerprint density at radius 1 is 1.26 bits per heavy atom. The first-order chi connectivity index (χ1) is 12.9. The zero-order valence-electron chi connectivity index (χ0n) is 15.6. The van der Waals surface area contributed by atoms with Crippen molar-refractivity contribution in [3.05, 3.63) is 33.9 Å². The van der Waals surface area contributed by atoms with Crippen LogP contribution < -0.4 is 10.2 Å². The second kappa shape index (κ2) is 9.89. The third-order valence-electron chi connectivity index (χ3n) is 4.91. The fourth-order valence-electron chi connectivity index (χ4n) is 3.21. The van der Waals surface area contributed by atoms with Gasteiger partial charge in [0.2, 0.25) is 0 Å². The van der Waals surface area contributed by atoms with E-state index in [4.69, 9.17) is 5.11 Å². The van der Waals surface area contributed by atoms with Crippen molar-refractivity contribution >= 4 is 23.3 Å². The molecule has 0 bridgehead atoms. The number of carbonyl (C=O) groups is 2. The van der Waals surface area contributed by atoms with Crippen molar-refractivity contribution in [3.8, 4) is 0 Å². The van der Waals surface area contributed by atoms with E-state index in [0.29, 0.717) is 37.4 Å². The van der Waals surface area contributed by atoms with Crippen LogP contribution in [0.1, 0.15) is 55.8 Å². The summed E-state index contributed by atoms with van der Waals surface area (Å²) in [6, 6.07) is 4.63. The molecule has 1 saturated heterocycles. The topological polar surface area (TPSA) is 113 Å². The number of carboxylic acids is 1. The van der Waals surface area contributed by atoms with Crippen LogP contribution in [0, 0.1) is 16.0 Å². The van der Waals surface area contributed by atoms with Crippen molar-refractivity contribution in [1.29, 1.82) is 0 Å². The number of carboxylic acid groups (broad SMARTS) is 1. The molecule has 0 unspecified atom stereocenters. The Hall–Kier alpha value is -2.64. The van der Waals surface area contributed by atoms with E-state index in [1.54, 1.807) is 12.1 Å². The summed E-state index contributed by atoms with van der Waals surface area (Å²) in [5.41, 5.74) is 0.789. The molecule has 0 aliphatic carbocycles. The van der Waals surface area contributed by atoms with Gasteiger partial charge in [-0.15, -0.1) is 0 Å². The minimum absolute atomic E-state index is 0.0429. The molecule has 0 spiro atoms. The summed E-state index contributed by atoms with van der Waals surface area (Å²) in [7, 11) is 0. The van der Waals surface area contributed by atoms with Crippen LogP contribution in [0.3, 0.4) is 0 Å². The lowest BCUT2D eigenvalue weighted by Crippen LogP contribution is -2.33. The highest BCUT2D eigenvalue weighted by molar-refractivity contribution is 5.95. The number of nitro groups is 1. The molecule has 1 fully saturated rings. The van der Waals surface area contributed by atoms with E-state index in [2.05, 4.69) is 12.2 Å². The molecule has 8 heteroatoms.